The minimum absolute atomic E-state index is 0.0315. The number of hydrogen-bond donors (Lipinski definition) is 3. The van der Waals surface area contributed by atoms with E-state index in [1.165, 1.54) is 18.2 Å². The zero-order valence-electron chi connectivity index (χ0n) is 13.4. The first kappa shape index (κ1) is 16.1. The molecule has 124 valence electrons. The zero-order chi connectivity index (χ0) is 17.8. The summed E-state index contributed by atoms with van der Waals surface area (Å²) in [5, 5.41) is 22.2. The summed E-state index contributed by atoms with van der Waals surface area (Å²) >= 11 is 0. The monoisotopic (exact) mass is 333 g/mol. The van der Waals surface area contributed by atoms with E-state index in [2.05, 4.69) is 10.3 Å². The summed E-state index contributed by atoms with van der Waals surface area (Å²) in [6.45, 7) is 0. The van der Waals surface area contributed by atoms with Crippen LogP contribution in [-0.4, -0.2) is 23.1 Å². The second kappa shape index (κ2) is 6.81. The van der Waals surface area contributed by atoms with Crippen LogP contribution in [0.2, 0.25) is 0 Å². The van der Waals surface area contributed by atoms with Crippen LogP contribution in [0, 0.1) is 11.3 Å². The van der Waals surface area contributed by atoms with E-state index >= 15 is 0 Å². The van der Waals surface area contributed by atoms with Crippen molar-refractivity contribution in [2.75, 3.05) is 12.4 Å². The lowest BCUT2D eigenvalue weighted by Crippen LogP contribution is -2.13. The van der Waals surface area contributed by atoms with Crippen LogP contribution in [0.4, 0.5) is 5.69 Å². The molecule has 2 aromatic carbocycles. The highest BCUT2D eigenvalue weighted by molar-refractivity contribution is 6.10. The summed E-state index contributed by atoms with van der Waals surface area (Å²) in [6, 6.07) is 13.6. The fourth-order valence-corrected chi connectivity index (χ4v) is 2.45. The van der Waals surface area contributed by atoms with Crippen LogP contribution in [-0.2, 0) is 4.79 Å². The lowest BCUT2D eigenvalue weighted by molar-refractivity contribution is -0.112. The van der Waals surface area contributed by atoms with Gasteiger partial charge in [-0.3, -0.25) is 4.79 Å². The Morgan fingerprint density at radius 3 is 2.88 bits per heavy atom. The molecule has 3 aromatic rings. The Balaban J connectivity index is 1.92. The maximum Gasteiger partial charge on any atom is 0.266 e. The molecule has 0 unspecified atom stereocenters. The molecule has 0 aliphatic heterocycles. The fraction of sp³-hybridized carbons (Fsp3) is 0.0526. The molecule has 0 atom stereocenters. The number of phenols is 1. The number of carbonyl (C=O) groups excluding carboxylic acids is 1. The first-order valence-corrected chi connectivity index (χ1v) is 7.48. The molecule has 1 aromatic heterocycles. The molecule has 0 aliphatic carbocycles. The van der Waals surface area contributed by atoms with Crippen LogP contribution in [0.5, 0.6) is 11.5 Å². The molecule has 0 fully saturated rings. The summed E-state index contributed by atoms with van der Waals surface area (Å²) in [4.78, 5) is 15.4. The van der Waals surface area contributed by atoms with Gasteiger partial charge >= 0.3 is 0 Å². The van der Waals surface area contributed by atoms with E-state index in [0.717, 1.165) is 10.9 Å². The highest BCUT2D eigenvalue weighted by Crippen LogP contribution is 2.25. The van der Waals surface area contributed by atoms with Gasteiger partial charge in [0, 0.05) is 34.4 Å². The second-order valence-electron chi connectivity index (χ2n) is 5.33. The number of aromatic hydroxyl groups is 1. The van der Waals surface area contributed by atoms with Gasteiger partial charge in [0.05, 0.1) is 7.11 Å². The average molecular weight is 333 g/mol. The first-order valence-electron chi connectivity index (χ1n) is 7.48. The van der Waals surface area contributed by atoms with E-state index in [1.807, 2.05) is 24.3 Å². The van der Waals surface area contributed by atoms with Gasteiger partial charge in [0.25, 0.3) is 5.91 Å². The Morgan fingerprint density at radius 2 is 2.16 bits per heavy atom. The third-order valence-corrected chi connectivity index (χ3v) is 3.69. The number of H-pyrrole nitrogens is 1. The number of hydrogen-bond acceptors (Lipinski definition) is 4. The van der Waals surface area contributed by atoms with Gasteiger partial charge in [0.1, 0.15) is 23.1 Å². The number of benzene rings is 2. The van der Waals surface area contributed by atoms with Crippen molar-refractivity contribution in [1.29, 1.82) is 5.26 Å². The van der Waals surface area contributed by atoms with Gasteiger partial charge in [-0.2, -0.15) is 5.26 Å². The molecule has 0 radical (unpaired) electrons. The van der Waals surface area contributed by atoms with Gasteiger partial charge in [-0.25, -0.2) is 0 Å². The van der Waals surface area contributed by atoms with Gasteiger partial charge < -0.3 is 20.1 Å². The van der Waals surface area contributed by atoms with E-state index in [0.29, 0.717) is 17.0 Å². The minimum Gasteiger partial charge on any atom is -0.508 e. The molecule has 1 heterocycles. The second-order valence-corrected chi connectivity index (χ2v) is 5.33. The average Bonchev–Trinajstić information content (AvgIpc) is 3.01. The van der Waals surface area contributed by atoms with Gasteiger partial charge in [-0.1, -0.05) is 6.07 Å². The number of rotatable bonds is 4. The number of carbonyl (C=O) groups is 1. The van der Waals surface area contributed by atoms with Gasteiger partial charge in [-0.15, -0.1) is 0 Å². The predicted molar refractivity (Wildman–Crippen MR) is 95.2 cm³/mol. The SMILES string of the molecule is COc1ccc2[nH]cc(C=C(C#N)C(=O)Nc3cccc(O)c3)c2c1. The molecule has 0 saturated carbocycles. The largest absolute Gasteiger partial charge is 0.508 e. The molecule has 3 N–H and O–H groups in total. The third kappa shape index (κ3) is 3.46. The summed E-state index contributed by atoms with van der Waals surface area (Å²) in [6.07, 6.45) is 3.24. The number of phenolic OH excluding ortho intramolecular Hbond substituents is 1. The number of amides is 1. The van der Waals surface area contributed by atoms with Crippen LogP contribution in [0.3, 0.4) is 0 Å². The summed E-state index contributed by atoms with van der Waals surface area (Å²) < 4.78 is 5.21. The number of fused-ring (bicyclic) bond motifs is 1. The molecular formula is C19H15N3O3. The van der Waals surface area contributed by atoms with Crippen LogP contribution in [0.15, 0.2) is 54.2 Å². The molecule has 6 nitrogen and oxygen atoms in total. The Morgan fingerprint density at radius 1 is 1.32 bits per heavy atom. The van der Waals surface area contributed by atoms with Crippen molar-refractivity contribution >= 4 is 28.6 Å². The molecule has 0 saturated heterocycles. The molecule has 0 bridgehead atoms. The number of aromatic amines is 1. The Hall–Kier alpha value is -3.72. The fourth-order valence-electron chi connectivity index (χ4n) is 2.45. The highest BCUT2D eigenvalue weighted by Gasteiger charge is 2.12. The maximum atomic E-state index is 12.3. The molecule has 0 spiro atoms. The molecule has 1 amide bonds. The molecule has 25 heavy (non-hydrogen) atoms. The Bertz CT molecular complexity index is 1010. The number of nitrogens with zero attached hydrogens (tertiary/aromatic N) is 1. The predicted octanol–water partition coefficient (Wildman–Crippen LogP) is 3.43. The molecule has 3 rings (SSSR count). The number of methoxy groups -OCH3 is 1. The lowest BCUT2D eigenvalue weighted by atomic mass is 10.1. The van der Waals surface area contributed by atoms with Crippen molar-refractivity contribution in [1.82, 2.24) is 4.98 Å². The van der Waals surface area contributed by atoms with Crippen molar-refractivity contribution < 1.29 is 14.6 Å². The minimum atomic E-state index is -0.551. The van der Waals surface area contributed by atoms with Crippen molar-refractivity contribution in [3.05, 3.63) is 59.8 Å². The quantitative estimate of drug-likeness (QED) is 0.503. The van der Waals surface area contributed by atoms with Crippen molar-refractivity contribution in [3.8, 4) is 17.6 Å². The zero-order valence-corrected chi connectivity index (χ0v) is 13.4. The summed E-state index contributed by atoms with van der Waals surface area (Å²) in [5.74, 6) is 0.166. The van der Waals surface area contributed by atoms with Crippen LogP contribution in [0.1, 0.15) is 5.56 Å². The number of ether oxygens (including phenoxy) is 1. The van der Waals surface area contributed by atoms with Crippen LogP contribution < -0.4 is 10.1 Å². The normalized spacial score (nSPS) is 11.1. The number of nitrogens with one attached hydrogen (secondary N) is 2. The van der Waals surface area contributed by atoms with Crippen LogP contribution >= 0.6 is 0 Å². The van der Waals surface area contributed by atoms with Crippen molar-refractivity contribution in [2.45, 2.75) is 0 Å². The van der Waals surface area contributed by atoms with Gasteiger partial charge in [-0.05, 0) is 36.4 Å². The van der Waals surface area contributed by atoms with E-state index in [9.17, 15) is 15.2 Å². The smallest absolute Gasteiger partial charge is 0.266 e. The van der Waals surface area contributed by atoms with E-state index in [4.69, 9.17) is 4.74 Å². The van der Waals surface area contributed by atoms with E-state index < -0.39 is 5.91 Å². The first-order chi connectivity index (χ1) is 12.1. The molecule has 6 heteroatoms. The van der Waals surface area contributed by atoms with Crippen molar-refractivity contribution in [3.63, 3.8) is 0 Å². The third-order valence-electron chi connectivity index (χ3n) is 3.69. The summed E-state index contributed by atoms with van der Waals surface area (Å²) in [7, 11) is 1.58. The molecule has 0 aliphatic rings. The van der Waals surface area contributed by atoms with Gasteiger partial charge in [0.2, 0.25) is 0 Å². The number of aromatic nitrogens is 1. The highest BCUT2D eigenvalue weighted by atomic mass is 16.5. The van der Waals surface area contributed by atoms with E-state index in [1.54, 1.807) is 25.4 Å². The number of nitriles is 1. The number of anilines is 1. The van der Waals surface area contributed by atoms with Crippen LogP contribution in [0.25, 0.3) is 17.0 Å². The summed E-state index contributed by atoms with van der Waals surface area (Å²) in [5.41, 5.74) is 1.94. The standard InChI is InChI=1S/C19H15N3O3/c1-25-16-5-6-18-17(9-16)13(11-21-18)7-12(10-20)19(24)22-14-3-2-4-15(23)8-14/h2-9,11,21,23H,1H3,(H,22,24). The van der Waals surface area contributed by atoms with E-state index in [-0.39, 0.29) is 11.3 Å². The Kier molecular flexibility index (Phi) is 4.40. The lowest BCUT2D eigenvalue weighted by Gasteiger charge is -2.04. The molecular weight excluding hydrogens is 318 g/mol. The maximum absolute atomic E-state index is 12.3. The topological polar surface area (TPSA) is 98.1 Å². The van der Waals surface area contributed by atoms with Gasteiger partial charge in [0.15, 0.2) is 0 Å². The Labute approximate surface area is 144 Å². The van der Waals surface area contributed by atoms with Crippen molar-refractivity contribution in [2.24, 2.45) is 0 Å².